The molecule has 0 saturated carbocycles. The topological polar surface area (TPSA) is 54.3 Å². The van der Waals surface area contributed by atoms with Gasteiger partial charge in [0.1, 0.15) is 5.76 Å². The molecule has 3 aromatic rings. The van der Waals surface area contributed by atoms with Crippen molar-refractivity contribution in [1.29, 1.82) is 0 Å². The molecule has 2 aromatic carbocycles. The van der Waals surface area contributed by atoms with Crippen LogP contribution in [-0.2, 0) is 11.3 Å². The van der Waals surface area contributed by atoms with Crippen LogP contribution in [0.1, 0.15) is 28.5 Å². The third kappa shape index (κ3) is 4.81. The van der Waals surface area contributed by atoms with Gasteiger partial charge in [0.2, 0.25) is 5.91 Å². The maximum absolute atomic E-state index is 12.1. The van der Waals surface area contributed by atoms with Gasteiger partial charge < -0.3 is 9.73 Å². The minimum Gasteiger partial charge on any atom is -0.467 e. The Morgan fingerprint density at radius 1 is 0.960 bits per heavy atom. The lowest BCUT2D eigenvalue weighted by atomic mass is 9.98. The highest BCUT2D eigenvalue weighted by atomic mass is 16.3. The van der Waals surface area contributed by atoms with Crippen molar-refractivity contribution in [3.8, 4) is 0 Å². The van der Waals surface area contributed by atoms with Gasteiger partial charge in [0.15, 0.2) is 0 Å². The van der Waals surface area contributed by atoms with Gasteiger partial charge in [0.25, 0.3) is 0 Å². The van der Waals surface area contributed by atoms with Crippen molar-refractivity contribution in [2.75, 3.05) is 6.54 Å². The summed E-state index contributed by atoms with van der Waals surface area (Å²) in [6, 6.07) is 22.1. The van der Waals surface area contributed by atoms with Gasteiger partial charge in [0, 0.05) is 0 Å². The molecule has 0 bridgehead atoms. The number of hydrogen-bond acceptors (Lipinski definition) is 3. The fraction of sp³-hybridized carbons (Fsp3) is 0.190. The van der Waals surface area contributed by atoms with Gasteiger partial charge in [-0.2, -0.15) is 0 Å². The molecule has 25 heavy (non-hydrogen) atoms. The molecular weight excluding hydrogens is 312 g/mol. The lowest BCUT2D eigenvalue weighted by molar-refractivity contribution is -0.120. The van der Waals surface area contributed by atoms with Gasteiger partial charge in [-0.05, 0) is 30.2 Å². The number of hydrogen-bond donors (Lipinski definition) is 2. The zero-order valence-electron chi connectivity index (χ0n) is 14.2. The van der Waals surface area contributed by atoms with Crippen LogP contribution in [0.5, 0.6) is 0 Å². The van der Waals surface area contributed by atoms with Gasteiger partial charge in [0.05, 0.1) is 25.4 Å². The van der Waals surface area contributed by atoms with E-state index in [1.165, 1.54) is 5.56 Å². The normalized spacial score (nSPS) is 11.9. The Balaban J connectivity index is 1.65. The molecule has 0 aliphatic heterocycles. The van der Waals surface area contributed by atoms with Crippen LogP contribution in [-0.4, -0.2) is 12.5 Å². The molecule has 0 saturated heterocycles. The number of amides is 1. The average Bonchev–Trinajstić information content (AvgIpc) is 3.16. The first kappa shape index (κ1) is 17.0. The summed E-state index contributed by atoms with van der Waals surface area (Å²) < 4.78 is 5.22. The fourth-order valence-electron chi connectivity index (χ4n) is 2.69. The van der Waals surface area contributed by atoms with Gasteiger partial charge in [-0.25, -0.2) is 0 Å². The van der Waals surface area contributed by atoms with E-state index < -0.39 is 0 Å². The quantitative estimate of drug-likeness (QED) is 0.694. The second-order valence-corrected chi connectivity index (χ2v) is 5.99. The Morgan fingerprint density at radius 2 is 1.68 bits per heavy atom. The van der Waals surface area contributed by atoms with Gasteiger partial charge in [-0.15, -0.1) is 0 Å². The molecule has 3 rings (SSSR count). The smallest absolute Gasteiger partial charge is 0.234 e. The monoisotopic (exact) mass is 334 g/mol. The molecule has 4 nitrogen and oxygen atoms in total. The van der Waals surface area contributed by atoms with Gasteiger partial charge in [-0.3, -0.25) is 10.1 Å². The van der Waals surface area contributed by atoms with Crippen molar-refractivity contribution in [3.05, 3.63) is 95.4 Å². The van der Waals surface area contributed by atoms with E-state index >= 15 is 0 Å². The van der Waals surface area contributed by atoms with E-state index in [9.17, 15) is 4.79 Å². The third-order valence-corrected chi connectivity index (χ3v) is 4.05. The molecule has 2 N–H and O–H groups in total. The maximum Gasteiger partial charge on any atom is 0.234 e. The number of rotatable bonds is 7. The van der Waals surface area contributed by atoms with Crippen LogP contribution in [0, 0.1) is 6.92 Å². The molecule has 128 valence electrons. The first-order valence-electron chi connectivity index (χ1n) is 8.36. The number of benzene rings is 2. The molecule has 0 spiro atoms. The zero-order valence-corrected chi connectivity index (χ0v) is 14.2. The second-order valence-electron chi connectivity index (χ2n) is 5.99. The molecular formula is C21H22N2O2. The summed E-state index contributed by atoms with van der Waals surface area (Å²) in [5, 5.41) is 6.22. The standard InChI is InChI=1S/C21H22N2O2/c1-16-9-11-18(12-10-16)21(17-6-3-2-4-7-17)23-15-20(24)22-14-19-8-5-13-25-19/h2-13,21,23H,14-15H2,1H3,(H,22,24)/t21-/m1/s1. The first-order valence-corrected chi connectivity index (χ1v) is 8.36. The number of carbonyl (C=O) groups is 1. The van der Waals surface area contributed by atoms with E-state index in [0.717, 1.165) is 16.9 Å². The molecule has 1 heterocycles. The summed E-state index contributed by atoms with van der Waals surface area (Å²) in [7, 11) is 0. The number of furan rings is 1. The van der Waals surface area contributed by atoms with E-state index in [1.54, 1.807) is 6.26 Å². The number of nitrogens with one attached hydrogen (secondary N) is 2. The van der Waals surface area contributed by atoms with Crippen LogP contribution in [0.3, 0.4) is 0 Å². The molecule has 0 aliphatic rings. The third-order valence-electron chi connectivity index (χ3n) is 4.05. The molecule has 1 atom stereocenters. The van der Waals surface area contributed by atoms with Crippen molar-refractivity contribution in [2.45, 2.75) is 19.5 Å². The SMILES string of the molecule is Cc1ccc([C@H](NCC(=O)NCc2ccco2)c2ccccc2)cc1. The van der Waals surface area contributed by atoms with Crippen LogP contribution in [0.25, 0.3) is 0 Å². The molecule has 0 radical (unpaired) electrons. The van der Waals surface area contributed by atoms with E-state index in [-0.39, 0.29) is 18.5 Å². The molecule has 1 aromatic heterocycles. The predicted octanol–water partition coefficient (Wildman–Crippen LogP) is 3.58. The van der Waals surface area contributed by atoms with Crippen molar-refractivity contribution in [3.63, 3.8) is 0 Å². The van der Waals surface area contributed by atoms with Crippen LogP contribution in [0.4, 0.5) is 0 Å². The van der Waals surface area contributed by atoms with E-state index in [0.29, 0.717) is 6.54 Å². The number of aryl methyl sites for hydroxylation is 1. The maximum atomic E-state index is 12.1. The lowest BCUT2D eigenvalue weighted by Crippen LogP contribution is -2.35. The van der Waals surface area contributed by atoms with Crippen LogP contribution < -0.4 is 10.6 Å². The van der Waals surface area contributed by atoms with Crippen molar-refractivity contribution < 1.29 is 9.21 Å². The summed E-state index contributed by atoms with van der Waals surface area (Å²) >= 11 is 0. The summed E-state index contributed by atoms with van der Waals surface area (Å²) in [5.74, 6) is 0.677. The molecule has 4 heteroatoms. The van der Waals surface area contributed by atoms with E-state index in [4.69, 9.17) is 4.42 Å². The number of carbonyl (C=O) groups excluding carboxylic acids is 1. The van der Waals surface area contributed by atoms with Crippen LogP contribution in [0.2, 0.25) is 0 Å². The van der Waals surface area contributed by atoms with Crippen LogP contribution >= 0.6 is 0 Å². The summed E-state index contributed by atoms with van der Waals surface area (Å²) in [6.07, 6.45) is 1.60. The minimum absolute atomic E-state index is 0.0313. The fourth-order valence-corrected chi connectivity index (χ4v) is 2.69. The Kier molecular flexibility index (Phi) is 5.65. The molecule has 0 fully saturated rings. The Morgan fingerprint density at radius 3 is 2.36 bits per heavy atom. The van der Waals surface area contributed by atoms with E-state index in [1.807, 2.05) is 30.3 Å². The van der Waals surface area contributed by atoms with Crippen molar-refractivity contribution >= 4 is 5.91 Å². The highest BCUT2D eigenvalue weighted by molar-refractivity contribution is 5.78. The largest absolute Gasteiger partial charge is 0.467 e. The van der Waals surface area contributed by atoms with Crippen molar-refractivity contribution in [2.24, 2.45) is 0 Å². The zero-order chi connectivity index (χ0) is 17.5. The lowest BCUT2D eigenvalue weighted by Gasteiger charge is -2.20. The first-order chi connectivity index (χ1) is 12.2. The Hall–Kier alpha value is -2.85. The van der Waals surface area contributed by atoms with Gasteiger partial charge >= 0.3 is 0 Å². The molecule has 1 amide bonds. The highest BCUT2D eigenvalue weighted by Crippen LogP contribution is 2.22. The Bertz CT molecular complexity index is 781. The predicted molar refractivity (Wildman–Crippen MR) is 98.0 cm³/mol. The summed E-state index contributed by atoms with van der Waals surface area (Å²) in [6.45, 7) is 2.69. The minimum atomic E-state index is -0.0653. The van der Waals surface area contributed by atoms with Gasteiger partial charge in [-0.1, -0.05) is 60.2 Å². The summed E-state index contributed by atoms with van der Waals surface area (Å²) in [5.41, 5.74) is 3.48. The summed E-state index contributed by atoms with van der Waals surface area (Å²) in [4.78, 5) is 12.1. The van der Waals surface area contributed by atoms with Crippen LogP contribution in [0.15, 0.2) is 77.4 Å². The average molecular weight is 334 g/mol. The van der Waals surface area contributed by atoms with Crippen molar-refractivity contribution in [1.82, 2.24) is 10.6 Å². The molecule has 0 aliphatic carbocycles. The molecule has 0 unspecified atom stereocenters. The Labute approximate surface area is 147 Å². The second kappa shape index (κ2) is 8.31. The highest BCUT2D eigenvalue weighted by Gasteiger charge is 2.15. The van der Waals surface area contributed by atoms with E-state index in [2.05, 4.69) is 54.0 Å².